The van der Waals surface area contributed by atoms with Crippen LogP contribution in [0.1, 0.15) is 0 Å². The number of aromatic hydroxyl groups is 1. The third-order valence-electron chi connectivity index (χ3n) is 1.77. The van der Waals surface area contributed by atoms with E-state index < -0.39 is 0 Å². The molecule has 0 aromatic heterocycles. The first-order chi connectivity index (χ1) is 6.38. The maximum Gasteiger partial charge on any atom is 0.123 e. The molecule has 0 atom stereocenters. The van der Waals surface area contributed by atoms with Gasteiger partial charge in [0.2, 0.25) is 0 Å². The first kappa shape index (κ1) is 10.3. The number of hydrogen-bond acceptors (Lipinski definition) is 3. The van der Waals surface area contributed by atoms with Crippen LogP contribution >= 0.6 is 23.3 Å². The number of thiol groups is 2. The van der Waals surface area contributed by atoms with Crippen molar-refractivity contribution in [3.63, 3.8) is 0 Å². The number of phenols is 1. The van der Waals surface area contributed by atoms with Gasteiger partial charge in [-0.15, -0.1) is 23.3 Å². The molecule has 2 aromatic rings. The number of fused-ring (bicyclic) bond motifs is 1. The van der Waals surface area contributed by atoms with Crippen molar-refractivity contribution in [2.24, 2.45) is 0 Å². The van der Waals surface area contributed by atoms with Crippen molar-refractivity contribution in [3.05, 3.63) is 42.5 Å². The SMILES string of the molecule is Oc1cccc2ccccc12.SS. The van der Waals surface area contributed by atoms with E-state index in [0.717, 1.165) is 10.8 Å². The molecule has 0 unspecified atom stereocenters. The predicted octanol–water partition coefficient (Wildman–Crippen LogP) is 3.31. The first-order valence-corrected chi connectivity index (χ1v) is 5.34. The topological polar surface area (TPSA) is 20.2 Å². The molecule has 2 aromatic carbocycles. The second kappa shape index (κ2) is 5.04. The summed E-state index contributed by atoms with van der Waals surface area (Å²) < 4.78 is 0. The number of rotatable bonds is 0. The first-order valence-electron chi connectivity index (χ1n) is 3.74. The minimum absolute atomic E-state index is 0.350. The zero-order valence-electron chi connectivity index (χ0n) is 6.88. The largest absolute Gasteiger partial charge is 0.507 e. The average molecular weight is 210 g/mol. The summed E-state index contributed by atoms with van der Waals surface area (Å²) in [5.41, 5.74) is 0. The van der Waals surface area contributed by atoms with Crippen LogP contribution in [0.15, 0.2) is 42.5 Å². The van der Waals surface area contributed by atoms with Gasteiger partial charge in [-0.2, -0.15) is 0 Å². The van der Waals surface area contributed by atoms with Gasteiger partial charge in [-0.05, 0) is 11.5 Å². The molecule has 0 aliphatic carbocycles. The highest BCUT2D eigenvalue weighted by Crippen LogP contribution is 2.22. The summed E-state index contributed by atoms with van der Waals surface area (Å²) in [7, 11) is 0. The molecule has 0 bridgehead atoms. The lowest BCUT2D eigenvalue weighted by molar-refractivity contribution is 0.481. The summed E-state index contributed by atoms with van der Waals surface area (Å²) in [5.74, 6) is 0.350. The molecule has 0 aliphatic rings. The Morgan fingerprint density at radius 2 is 1.46 bits per heavy atom. The lowest BCUT2D eigenvalue weighted by Crippen LogP contribution is -1.70. The zero-order chi connectivity index (χ0) is 9.68. The number of hydrogen-bond donors (Lipinski definition) is 3. The Morgan fingerprint density at radius 3 is 2.15 bits per heavy atom. The van der Waals surface area contributed by atoms with E-state index in [4.69, 9.17) is 0 Å². The van der Waals surface area contributed by atoms with Crippen LogP contribution in [0.3, 0.4) is 0 Å². The molecule has 13 heavy (non-hydrogen) atoms. The Morgan fingerprint density at radius 1 is 0.846 bits per heavy atom. The van der Waals surface area contributed by atoms with Crippen LogP contribution < -0.4 is 0 Å². The Hall–Kier alpha value is -0.800. The van der Waals surface area contributed by atoms with Gasteiger partial charge in [-0.25, -0.2) is 0 Å². The lowest BCUT2D eigenvalue weighted by atomic mass is 10.1. The third-order valence-corrected chi connectivity index (χ3v) is 1.77. The van der Waals surface area contributed by atoms with Gasteiger partial charge >= 0.3 is 0 Å². The molecule has 1 N–H and O–H groups in total. The molecule has 0 saturated heterocycles. The maximum absolute atomic E-state index is 9.37. The second-order valence-corrected chi connectivity index (χ2v) is 2.50. The van der Waals surface area contributed by atoms with Crippen molar-refractivity contribution < 1.29 is 5.11 Å². The monoisotopic (exact) mass is 210 g/mol. The van der Waals surface area contributed by atoms with Gasteiger partial charge < -0.3 is 5.11 Å². The minimum Gasteiger partial charge on any atom is -0.507 e. The van der Waals surface area contributed by atoms with E-state index in [2.05, 4.69) is 23.3 Å². The Balaban J connectivity index is 0.000000396. The van der Waals surface area contributed by atoms with Crippen LogP contribution in [-0.2, 0) is 0 Å². The molecule has 3 heteroatoms. The van der Waals surface area contributed by atoms with E-state index in [1.54, 1.807) is 6.07 Å². The molecule has 0 spiro atoms. The highest BCUT2D eigenvalue weighted by Gasteiger charge is 1.94. The van der Waals surface area contributed by atoms with E-state index in [0.29, 0.717) is 5.75 Å². The molecule has 0 aliphatic heterocycles. The minimum atomic E-state index is 0.350. The number of phenolic OH excluding ortho intramolecular Hbond substituents is 1. The quantitative estimate of drug-likeness (QED) is 0.450. The van der Waals surface area contributed by atoms with Crippen LogP contribution in [0.2, 0.25) is 0 Å². The van der Waals surface area contributed by atoms with Crippen LogP contribution in [0, 0.1) is 0 Å². The molecular formula is C10H10OS2. The van der Waals surface area contributed by atoms with E-state index in [1.165, 1.54) is 0 Å². The van der Waals surface area contributed by atoms with Crippen LogP contribution in [0.4, 0.5) is 0 Å². The van der Waals surface area contributed by atoms with Gasteiger partial charge in [0.15, 0.2) is 0 Å². The fraction of sp³-hybridized carbons (Fsp3) is 0. The molecular weight excluding hydrogens is 200 g/mol. The summed E-state index contributed by atoms with van der Waals surface area (Å²) >= 11 is 6.44. The van der Waals surface area contributed by atoms with Crippen molar-refractivity contribution in [1.82, 2.24) is 0 Å². The van der Waals surface area contributed by atoms with Crippen molar-refractivity contribution in [3.8, 4) is 5.75 Å². The smallest absolute Gasteiger partial charge is 0.123 e. The van der Waals surface area contributed by atoms with Gasteiger partial charge in [-0.1, -0.05) is 36.4 Å². The molecule has 0 radical (unpaired) electrons. The maximum atomic E-state index is 9.37. The van der Waals surface area contributed by atoms with Crippen LogP contribution in [-0.4, -0.2) is 5.11 Å². The normalized spacial score (nSPS) is 9.08. The third kappa shape index (κ3) is 2.32. The predicted molar refractivity (Wildman–Crippen MR) is 63.6 cm³/mol. The molecule has 0 heterocycles. The molecule has 1 nitrogen and oxygen atoms in total. The summed E-state index contributed by atoms with van der Waals surface area (Å²) in [5, 5.41) is 11.4. The zero-order valence-corrected chi connectivity index (χ0v) is 8.67. The molecule has 0 fully saturated rings. The fourth-order valence-corrected chi connectivity index (χ4v) is 1.21. The summed E-state index contributed by atoms with van der Waals surface area (Å²) in [6.07, 6.45) is 0. The summed E-state index contributed by atoms with van der Waals surface area (Å²) in [6, 6.07) is 13.3. The standard InChI is InChI=1S/C10H8O.H2S2/c11-10-7-3-5-8-4-1-2-6-9(8)10;1-2/h1-7,11H;1-2H. The van der Waals surface area contributed by atoms with Crippen LogP contribution in [0.25, 0.3) is 10.8 Å². The Kier molecular flexibility index (Phi) is 3.99. The molecule has 0 saturated carbocycles. The number of benzene rings is 2. The van der Waals surface area contributed by atoms with Crippen molar-refractivity contribution in [2.45, 2.75) is 0 Å². The van der Waals surface area contributed by atoms with E-state index in [9.17, 15) is 5.11 Å². The van der Waals surface area contributed by atoms with Gasteiger partial charge in [-0.3, -0.25) is 0 Å². The lowest BCUT2D eigenvalue weighted by Gasteiger charge is -1.97. The molecule has 68 valence electrons. The summed E-state index contributed by atoms with van der Waals surface area (Å²) in [4.78, 5) is 0. The highest BCUT2D eigenvalue weighted by molar-refractivity contribution is 8.59. The van der Waals surface area contributed by atoms with Gasteiger partial charge in [0.25, 0.3) is 0 Å². The average Bonchev–Trinajstić information content (AvgIpc) is 2.22. The fourth-order valence-electron chi connectivity index (χ4n) is 1.21. The van der Waals surface area contributed by atoms with E-state index in [1.807, 2.05) is 36.4 Å². The van der Waals surface area contributed by atoms with Crippen molar-refractivity contribution >= 4 is 34.1 Å². The van der Waals surface area contributed by atoms with Gasteiger partial charge in [0.1, 0.15) is 5.75 Å². The van der Waals surface area contributed by atoms with Crippen molar-refractivity contribution in [2.75, 3.05) is 0 Å². The Labute approximate surface area is 87.6 Å². The Bertz CT molecular complexity index is 382. The van der Waals surface area contributed by atoms with E-state index in [-0.39, 0.29) is 0 Å². The van der Waals surface area contributed by atoms with Gasteiger partial charge in [0, 0.05) is 5.39 Å². The molecule has 0 amide bonds. The summed E-state index contributed by atoms with van der Waals surface area (Å²) in [6.45, 7) is 0. The molecule has 2 rings (SSSR count). The highest BCUT2D eigenvalue weighted by atomic mass is 33.1. The van der Waals surface area contributed by atoms with Gasteiger partial charge in [0.05, 0.1) is 0 Å². The second-order valence-electron chi connectivity index (χ2n) is 2.50. The van der Waals surface area contributed by atoms with E-state index >= 15 is 0 Å². The van der Waals surface area contributed by atoms with Crippen molar-refractivity contribution in [1.29, 1.82) is 0 Å². The van der Waals surface area contributed by atoms with Crippen LogP contribution in [0.5, 0.6) is 5.75 Å².